The topological polar surface area (TPSA) is 18.5 Å². The molecular weight excluding hydrogens is 234 g/mol. The van der Waals surface area contributed by atoms with Crippen LogP contribution in [0.4, 0.5) is 11.4 Å². The van der Waals surface area contributed by atoms with Gasteiger partial charge >= 0.3 is 0 Å². The van der Waals surface area contributed by atoms with Gasteiger partial charge in [0.25, 0.3) is 0 Å². The van der Waals surface area contributed by atoms with Crippen molar-refractivity contribution in [3.63, 3.8) is 0 Å². The predicted octanol–water partition coefficient (Wildman–Crippen LogP) is 2.72. The number of piperidine rings is 1. The molecule has 0 saturated carbocycles. The molecule has 1 fully saturated rings. The molecule has 3 heteroatoms. The molecule has 1 aliphatic rings. The predicted molar refractivity (Wildman–Crippen MR) is 84.3 cm³/mol. The average Bonchev–Trinajstić information content (AvgIpc) is 2.45. The molecule has 0 bridgehead atoms. The Balaban J connectivity index is 1.98. The number of nitrogens with zero attached hydrogens (tertiary/aromatic N) is 2. The number of hydrogen-bond donors (Lipinski definition) is 1. The van der Waals surface area contributed by atoms with E-state index in [1.165, 1.54) is 30.6 Å². The highest BCUT2D eigenvalue weighted by Gasteiger charge is 2.20. The van der Waals surface area contributed by atoms with Crippen molar-refractivity contribution < 1.29 is 0 Å². The van der Waals surface area contributed by atoms with E-state index in [1.807, 2.05) is 0 Å². The maximum absolute atomic E-state index is 3.64. The molecule has 0 aromatic heterocycles. The van der Waals surface area contributed by atoms with E-state index in [1.54, 1.807) is 0 Å². The summed E-state index contributed by atoms with van der Waals surface area (Å²) in [5.74, 6) is 0. The van der Waals surface area contributed by atoms with Gasteiger partial charge in [0.15, 0.2) is 0 Å². The summed E-state index contributed by atoms with van der Waals surface area (Å²) < 4.78 is 0. The fourth-order valence-corrected chi connectivity index (χ4v) is 2.78. The van der Waals surface area contributed by atoms with Crippen LogP contribution in [-0.2, 0) is 0 Å². The standard InChI is InChI=1S/C16H27N3/c1-4-11-17-14-9-12-19(13-10-14)16-8-6-5-7-15(16)18(2)3/h5-8,14,17H,4,9-13H2,1-3H3. The molecule has 19 heavy (non-hydrogen) atoms. The molecule has 3 nitrogen and oxygen atoms in total. The molecule has 1 N–H and O–H groups in total. The number of nitrogens with one attached hydrogen (secondary N) is 1. The summed E-state index contributed by atoms with van der Waals surface area (Å²) in [4.78, 5) is 4.73. The zero-order valence-electron chi connectivity index (χ0n) is 12.5. The van der Waals surface area contributed by atoms with Gasteiger partial charge in [-0.15, -0.1) is 0 Å². The molecule has 0 radical (unpaired) electrons. The van der Waals surface area contributed by atoms with Gasteiger partial charge in [0.2, 0.25) is 0 Å². The van der Waals surface area contributed by atoms with Gasteiger partial charge in [0.05, 0.1) is 11.4 Å². The van der Waals surface area contributed by atoms with Crippen LogP contribution in [0, 0.1) is 0 Å². The van der Waals surface area contributed by atoms with E-state index < -0.39 is 0 Å². The smallest absolute Gasteiger partial charge is 0.0603 e. The normalized spacial score (nSPS) is 16.7. The highest BCUT2D eigenvalue weighted by Crippen LogP contribution is 2.29. The lowest BCUT2D eigenvalue weighted by molar-refractivity contribution is 0.416. The maximum Gasteiger partial charge on any atom is 0.0603 e. The lowest BCUT2D eigenvalue weighted by Gasteiger charge is -2.36. The van der Waals surface area contributed by atoms with Gasteiger partial charge < -0.3 is 15.1 Å². The molecule has 1 heterocycles. The van der Waals surface area contributed by atoms with Crippen molar-refractivity contribution in [2.75, 3.05) is 43.5 Å². The number of hydrogen-bond acceptors (Lipinski definition) is 3. The Morgan fingerprint density at radius 2 is 1.89 bits per heavy atom. The Morgan fingerprint density at radius 1 is 1.21 bits per heavy atom. The highest BCUT2D eigenvalue weighted by molar-refractivity contribution is 5.70. The minimum Gasteiger partial charge on any atom is -0.376 e. The molecule has 1 saturated heterocycles. The van der Waals surface area contributed by atoms with Gasteiger partial charge in [-0.2, -0.15) is 0 Å². The molecule has 106 valence electrons. The monoisotopic (exact) mass is 261 g/mol. The first-order valence-corrected chi connectivity index (χ1v) is 7.47. The first-order chi connectivity index (χ1) is 9.22. The van der Waals surface area contributed by atoms with Crippen molar-refractivity contribution >= 4 is 11.4 Å². The van der Waals surface area contributed by atoms with Crippen LogP contribution in [0.25, 0.3) is 0 Å². The van der Waals surface area contributed by atoms with Gasteiger partial charge in [-0.1, -0.05) is 19.1 Å². The number of benzene rings is 1. The third-order valence-electron chi connectivity index (χ3n) is 3.88. The van der Waals surface area contributed by atoms with Gasteiger partial charge in [0.1, 0.15) is 0 Å². The highest BCUT2D eigenvalue weighted by atomic mass is 15.2. The molecule has 1 aromatic carbocycles. The van der Waals surface area contributed by atoms with E-state index in [0.717, 1.165) is 19.6 Å². The van der Waals surface area contributed by atoms with Crippen LogP contribution in [0.3, 0.4) is 0 Å². The van der Waals surface area contributed by atoms with E-state index >= 15 is 0 Å². The second-order valence-corrected chi connectivity index (χ2v) is 5.60. The summed E-state index contributed by atoms with van der Waals surface area (Å²) in [5.41, 5.74) is 2.70. The summed E-state index contributed by atoms with van der Waals surface area (Å²) in [6.45, 7) is 5.70. The molecule has 2 rings (SSSR count). The van der Waals surface area contributed by atoms with Crippen molar-refractivity contribution in [3.05, 3.63) is 24.3 Å². The Hall–Kier alpha value is -1.22. The summed E-state index contributed by atoms with van der Waals surface area (Å²) in [6, 6.07) is 9.42. The zero-order valence-corrected chi connectivity index (χ0v) is 12.5. The van der Waals surface area contributed by atoms with Crippen molar-refractivity contribution in [2.24, 2.45) is 0 Å². The van der Waals surface area contributed by atoms with E-state index in [-0.39, 0.29) is 0 Å². The van der Waals surface area contributed by atoms with Crippen LogP contribution >= 0.6 is 0 Å². The first kappa shape index (κ1) is 14.2. The van der Waals surface area contributed by atoms with Gasteiger partial charge in [-0.3, -0.25) is 0 Å². The third-order valence-corrected chi connectivity index (χ3v) is 3.88. The number of rotatable bonds is 5. The van der Waals surface area contributed by atoms with Crippen LogP contribution in [0.1, 0.15) is 26.2 Å². The number of para-hydroxylation sites is 2. The van der Waals surface area contributed by atoms with Gasteiger partial charge in [-0.05, 0) is 37.9 Å². The van der Waals surface area contributed by atoms with Crippen LogP contribution in [-0.4, -0.2) is 39.8 Å². The molecule has 0 atom stereocenters. The van der Waals surface area contributed by atoms with Crippen LogP contribution in [0.15, 0.2) is 24.3 Å². The molecule has 1 aromatic rings. The quantitative estimate of drug-likeness (QED) is 0.879. The second kappa shape index (κ2) is 6.80. The van der Waals surface area contributed by atoms with E-state index in [4.69, 9.17) is 0 Å². The molecule has 1 aliphatic heterocycles. The zero-order chi connectivity index (χ0) is 13.7. The van der Waals surface area contributed by atoms with Crippen LogP contribution in [0.2, 0.25) is 0 Å². The molecular formula is C16H27N3. The molecule has 0 unspecified atom stereocenters. The average molecular weight is 261 g/mol. The van der Waals surface area contributed by atoms with Crippen molar-refractivity contribution in [2.45, 2.75) is 32.2 Å². The largest absolute Gasteiger partial charge is 0.376 e. The lowest BCUT2D eigenvalue weighted by atomic mass is 10.0. The van der Waals surface area contributed by atoms with Crippen LogP contribution < -0.4 is 15.1 Å². The second-order valence-electron chi connectivity index (χ2n) is 5.60. The van der Waals surface area contributed by atoms with Gasteiger partial charge in [-0.25, -0.2) is 0 Å². The SMILES string of the molecule is CCCNC1CCN(c2ccccc2N(C)C)CC1. The summed E-state index contributed by atoms with van der Waals surface area (Å²) in [7, 11) is 4.24. The van der Waals surface area contributed by atoms with Crippen molar-refractivity contribution in [1.29, 1.82) is 0 Å². The molecule has 0 aliphatic carbocycles. The molecule has 0 spiro atoms. The lowest BCUT2D eigenvalue weighted by Crippen LogP contribution is -2.43. The van der Waals surface area contributed by atoms with Crippen molar-refractivity contribution in [1.82, 2.24) is 5.32 Å². The first-order valence-electron chi connectivity index (χ1n) is 7.47. The minimum atomic E-state index is 0.711. The van der Waals surface area contributed by atoms with E-state index in [9.17, 15) is 0 Å². The van der Waals surface area contributed by atoms with E-state index in [2.05, 4.69) is 60.4 Å². The third kappa shape index (κ3) is 3.63. The molecule has 0 amide bonds. The summed E-state index contributed by atoms with van der Waals surface area (Å²) in [6.07, 6.45) is 3.73. The van der Waals surface area contributed by atoms with Crippen LogP contribution in [0.5, 0.6) is 0 Å². The van der Waals surface area contributed by atoms with E-state index in [0.29, 0.717) is 6.04 Å². The fraction of sp³-hybridized carbons (Fsp3) is 0.625. The van der Waals surface area contributed by atoms with Gasteiger partial charge in [0, 0.05) is 33.2 Å². The Morgan fingerprint density at radius 3 is 2.53 bits per heavy atom. The maximum atomic E-state index is 3.64. The fourth-order valence-electron chi connectivity index (χ4n) is 2.78. The Bertz CT molecular complexity index is 381. The van der Waals surface area contributed by atoms with Crippen molar-refractivity contribution in [3.8, 4) is 0 Å². The summed E-state index contributed by atoms with van der Waals surface area (Å²) >= 11 is 0. The minimum absolute atomic E-state index is 0.711. The number of anilines is 2. The summed E-state index contributed by atoms with van der Waals surface area (Å²) in [5, 5.41) is 3.64. The Labute approximate surface area is 117 Å². The Kier molecular flexibility index (Phi) is 5.08.